The first-order valence-corrected chi connectivity index (χ1v) is 5.71. The summed E-state index contributed by atoms with van der Waals surface area (Å²) in [5, 5.41) is 9.23. The molecule has 0 saturated carbocycles. The molecule has 0 aromatic heterocycles. The molecule has 4 heteroatoms. The molecule has 0 fully saturated rings. The average Bonchev–Trinajstić information content (AvgIpc) is 2.37. The van der Waals surface area contributed by atoms with Gasteiger partial charge in [0, 0.05) is 17.5 Å². The molecule has 1 heterocycles. The van der Waals surface area contributed by atoms with Crippen LogP contribution in [0.4, 0.5) is 0 Å². The summed E-state index contributed by atoms with van der Waals surface area (Å²) < 4.78 is 16.4. The molecule has 1 N–H and O–H groups in total. The van der Waals surface area contributed by atoms with Crippen LogP contribution in [0.3, 0.4) is 0 Å². The Balaban J connectivity index is 2.51. The SMILES string of the molecule is COc1ccc(OC)c2c1C[C@H](CO)O[C@H]2C. The Hall–Kier alpha value is -1.26. The van der Waals surface area contributed by atoms with Crippen molar-refractivity contribution in [3.05, 3.63) is 23.3 Å². The molecule has 0 saturated heterocycles. The molecule has 1 aromatic carbocycles. The Morgan fingerprint density at radius 2 is 1.94 bits per heavy atom. The highest BCUT2D eigenvalue weighted by Crippen LogP contribution is 2.41. The van der Waals surface area contributed by atoms with Crippen LogP contribution in [-0.2, 0) is 11.2 Å². The van der Waals surface area contributed by atoms with E-state index in [4.69, 9.17) is 14.2 Å². The molecule has 0 unspecified atom stereocenters. The maximum atomic E-state index is 9.23. The molecule has 4 nitrogen and oxygen atoms in total. The smallest absolute Gasteiger partial charge is 0.125 e. The Labute approximate surface area is 101 Å². The molecule has 0 radical (unpaired) electrons. The van der Waals surface area contributed by atoms with Crippen LogP contribution in [0.5, 0.6) is 11.5 Å². The monoisotopic (exact) mass is 238 g/mol. The Morgan fingerprint density at radius 3 is 2.53 bits per heavy atom. The lowest BCUT2D eigenvalue weighted by molar-refractivity contribution is -0.0440. The standard InChI is InChI=1S/C13H18O4/c1-8-13-10(6-9(7-14)17-8)11(15-2)4-5-12(13)16-3/h4-5,8-9,14H,6-7H2,1-3H3/t8-,9+/m0/s1. The van der Waals surface area contributed by atoms with E-state index in [0.29, 0.717) is 6.42 Å². The van der Waals surface area contributed by atoms with E-state index in [9.17, 15) is 5.11 Å². The highest BCUT2D eigenvalue weighted by atomic mass is 16.5. The van der Waals surface area contributed by atoms with Gasteiger partial charge in [0.15, 0.2) is 0 Å². The predicted molar refractivity (Wildman–Crippen MR) is 63.6 cm³/mol. The zero-order chi connectivity index (χ0) is 12.4. The third-order valence-corrected chi connectivity index (χ3v) is 3.15. The van der Waals surface area contributed by atoms with E-state index in [-0.39, 0.29) is 18.8 Å². The molecule has 1 aromatic rings. The second-order valence-corrected chi connectivity index (χ2v) is 4.15. The fourth-order valence-electron chi connectivity index (χ4n) is 2.39. The zero-order valence-electron chi connectivity index (χ0n) is 10.4. The summed E-state index contributed by atoms with van der Waals surface area (Å²) in [7, 11) is 3.29. The molecule has 0 amide bonds. The van der Waals surface area contributed by atoms with Crippen LogP contribution in [0.2, 0.25) is 0 Å². The number of methoxy groups -OCH3 is 2. The van der Waals surface area contributed by atoms with Crippen LogP contribution >= 0.6 is 0 Å². The van der Waals surface area contributed by atoms with E-state index >= 15 is 0 Å². The van der Waals surface area contributed by atoms with Gasteiger partial charge in [0.25, 0.3) is 0 Å². The van der Waals surface area contributed by atoms with Gasteiger partial charge in [-0.3, -0.25) is 0 Å². The van der Waals surface area contributed by atoms with E-state index in [2.05, 4.69) is 0 Å². The highest BCUT2D eigenvalue weighted by Gasteiger charge is 2.29. The largest absolute Gasteiger partial charge is 0.496 e. The molecule has 2 rings (SSSR count). The fraction of sp³-hybridized carbons (Fsp3) is 0.538. The Bertz CT molecular complexity index is 403. The van der Waals surface area contributed by atoms with E-state index in [1.165, 1.54) is 0 Å². The second kappa shape index (κ2) is 4.94. The number of ether oxygens (including phenoxy) is 3. The van der Waals surface area contributed by atoms with Gasteiger partial charge in [-0.2, -0.15) is 0 Å². The van der Waals surface area contributed by atoms with E-state index < -0.39 is 0 Å². The molecule has 94 valence electrons. The number of fused-ring (bicyclic) bond motifs is 1. The van der Waals surface area contributed by atoms with Gasteiger partial charge < -0.3 is 19.3 Å². The number of benzene rings is 1. The number of rotatable bonds is 3. The summed E-state index contributed by atoms with van der Waals surface area (Å²) in [5.41, 5.74) is 2.10. The number of hydrogen-bond acceptors (Lipinski definition) is 4. The lowest BCUT2D eigenvalue weighted by atomic mass is 9.93. The fourth-order valence-corrected chi connectivity index (χ4v) is 2.39. The van der Waals surface area contributed by atoms with Crippen molar-refractivity contribution in [3.8, 4) is 11.5 Å². The molecule has 1 aliphatic rings. The molecule has 2 atom stereocenters. The minimum Gasteiger partial charge on any atom is -0.496 e. The van der Waals surface area contributed by atoms with Crippen molar-refractivity contribution in [1.82, 2.24) is 0 Å². The highest BCUT2D eigenvalue weighted by molar-refractivity contribution is 5.51. The summed E-state index contributed by atoms with van der Waals surface area (Å²) in [6.07, 6.45) is 0.385. The summed E-state index contributed by atoms with van der Waals surface area (Å²) in [6.45, 7) is 1.98. The zero-order valence-corrected chi connectivity index (χ0v) is 10.4. The van der Waals surface area contributed by atoms with Crippen LogP contribution in [0, 0.1) is 0 Å². The van der Waals surface area contributed by atoms with Crippen LogP contribution < -0.4 is 9.47 Å². The predicted octanol–water partition coefficient (Wildman–Crippen LogP) is 1.70. The van der Waals surface area contributed by atoms with Crippen LogP contribution in [0.15, 0.2) is 12.1 Å². The van der Waals surface area contributed by atoms with Crippen LogP contribution in [0.25, 0.3) is 0 Å². The van der Waals surface area contributed by atoms with Gasteiger partial charge in [0.1, 0.15) is 11.5 Å². The molecule has 1 aliphatic heterocycles. The first-order chi connectivity index (χ1) is 8.21. The summed E-state index contributed by atoms with van der Waals surface area (Å²) >= 11 is 0. The molecule has 0 spiro atoms. The van der Waals surface area contributed by atoms with Crippen molar-refractivity contribution >= 4 is 0 Å². The number of hydrogen-bond donors (Lipinski definition) is 1. The topological polar surface area (TPSA) is 47.9 Å². The van der Waals surface area contributed by atoms with E-state index in [1.54, 1.807) is 14.2 Å². The van der Waals surface area contributed by atoms with E-state index in [1.807, 2.05) is 19.1 Å². The molecule has 17 heavy (non-hydrogen) atoms. The maximum Gasteiger partial charge on any atom is 0.125 e. The lowest BCUT2D eigenvalue weighted by Crippen LogP contribution is -2.28. The summed E-state index contributed by atoms with van der Waals surface area (Å²) in [6, 6.07) is 3.78. The van der Waals surface area contributed by atoms with Crippen molar-refractivity contribution < 1.29 is 19.3 Å². The van der Waals surface area contributed by atoms with Crippen molar-refractivity contribution in [2.45, 2.75) is 25.6 Å². The van der Waals surface area contributed by atoms with E-state index in [0.717, 1.165) is 22.6 Å². The quantitative estimate of drug-likeness (QED) is 0.870. The third-order valence-electron chi connectivity index (χ3n) is 3.15. The van der Waals surface area contributed by atoms with Gasteiger partial charge in [-0.05, 0) is 19.1 Å². The molecular formula is C13H18O4. The van der Waals surface area contributed by atoms with Crippen molar-refractivity contribution in [3.63, 3.8) is 0 Å². The lowest BCUT2D eigenvalue weighted by Gasteiger charge is -2.31. The minimum absolute atomic E-state index is 0.0180. The molecule has 0 aliphatic carbocycles. The van der Waals surface area contributed by atoms with Gasteiger partial charge in [0.05, 0.1) is 33.0 Å². The van der Waals surface area contributed by atoms with Gasteiger partial charge in [-0.1, -0.05) is 0 Å². The molecular weight excluding hydrogens is 220 g/mol. The second-order valence-electron chi connectivity index (χ2n) is 4.15. The van der Waals surface area contributed by atoms with Crippen molar-refractivity contribution in [2.75, 3.05) is 20.8 Å². The summed E-state index contributed by atoms with van der Waals surface area (Å²) in [4.78, 5) is 0. The normalized spacial score (nSPS) is 23.1. The van der Waals surface area contributed by atoms with Gasteiger partial charge in [-0.25, -0.2) is 0 Å². The van der Waals surface area contributed by atoms with Gasteiger partial charge >= 0.3 is 0 Å². The number of aliphatic hydroxyl groups excluding tert-OH is 1. The van der Waals surface area contributed by atoms with Gasteiger partial charge in [0.2, 0.25) is 0 Å². The Morgan fingerprint density at radius 1 is 1.29 bits per heavy atom. The first kappa shape index (κ1) is 12.2. The summed E-state index contributed by atoms with van der Waals surface area (Å²) in [5.74, 6) is 1.64. The van der Waals surface area contributed by atoms with Crippen molar-refractivity contribution in [2.24, 2.45) is 0 Å². The molecule has 0 bridgehead atoms. The van der Waals surface area contributed by atoms with Gasteiger partial charge in [-0.15, -0.1) is 0 Å². The number of aliphatic hydroxyl groups is 1. The van der Waals surface area contributed by atoms with Crippen LogP contribution in [-0.4, -0.2) is 32.0 Å². The van der Waals surface area contributed by atoms with Crippen LogP contribution in [0.1, 0.15) is 24.2 Å². The minimum atomic E-state index is -0.168. The Kier molecular flexibility index (Phi) is 3.54. The third kappa shape index (κ3) is 2.10. The maximum absolute atomic E-state index is 9.23. The first-order valence-electron chi connectivity index (χ1n) is 5.71. The van der Waals surface area contributed by atoms with Crippen molar-refractivity contribution in [1.29, 1.82) is 0 Å². The average molecular weight is 238 g/mol.